The lowest BCUT2D eigenvalue weighted by Crippen LogP contribution is -2.24. The Morgan fingerprint density at radius 1 is 1.47 bits per heavy atom. The van der Waals surface area contributed by atoms with E-state index in [9.17, 15) is 0 Å². The van der Waals surface area contributed by atoms with E-state index in [1.807, 2.05) is 24.3 Å². The summed E-state index contributed by atoms with van der Waals surface area (Å²) < 4.78 is 5.65. The van der Waals surface area contributed by atoms with Crippen molar-refractivity contribution < 1.29 is 14.6 Å². The Balaban J connectivity index is 0.000000337. The van der Waals surface area contributed by atoms with Crippen molar-refractivity contribution in [2.45, 2.75) is 25.4 Å². The Bertz CT molecular complexity index is 310. The summed E-state index contributed by atoms with van der Waals surface area (Å²) in [7, 11) is 0. The van der Waals surface area contributed by atoms with E-state index in [4.69, 9.17) is 26.2 Å². The maximum absolute atomic E-state index is 8.36. The van der Waals surface area contributed by atoms with Gasteiger partial charge >= 0.3 is 0 Å². The van der Waals surface area contributed by atoms with Crippen LogP contribution in [0.3, 0.4) is 0 Å². The number of carboxylic acid groups (broad SMARTS) is 1. The van der Waals surface area contributed by atoms with Crippen LogP contribution < -0.4 is 4.74 Å². The summed E-state index contributed by atoms with van der Waals surface area (Å²) in [6.07, 6.45) is 4.10. The normalized spacial score (nSPS) is 14.5. The van der Waals surface area contributed by atoms with Gasteiger partial charge in [-0.05, 0) is 37.5 Å². The van der Waals surface area contributed by atoms with Gasteiger partial charge in [-0.2, -0.15) is 0 Å². The third-order valence-corrected chi connectivity index (χ3v) is 2.39. The van der Waals surface area contributed by atoms with Gasteiger partial charge in [0.05, 0.1) is 6.10 Å². The van der Waals surface area contributed by atoms with Crippen LogP contribution in [0.4, 0.5) is 0 Å². The van der Waals surface area contributed by atoms with Crippen molar-refractivity contribution in [3.05, 3.63) is 29.3 Å². The van der Waals surface area contributed by atoms with Crippen LogP contribution >= 0.6 is 11.6 Å². The largest absolute Gasteiger partial charge is 0.490 e. The Kier molecular flexibility index (Phi) is 4.98. The van der Waals surface area contributed by atoms with E-state index in [0.717, 1.165) is 10.8 Å². The molecule has 0 aromatic heterocycles. The first-order valence-corrected chi connectivity index (χ1v) is 5.14. The predicted octanol–water partition coefficient (Wildman–Crippen LogP) is 2.97. The van der Waals surface area contributed by atoms with Gasteiger partial charge < -0.3 is 9.84 Å². The van der Waals surface area contributed by atoms with Crippen LogP contribution in [0.5, 0.6) is 5.75 Å². The van der Waals surface area contributed by atoms with Gasteiger partial charge in [0.2, 0.25) is 0 Å². The van der Waals surface area contributed by atoms with Gasteiger partial charge in [-0.15, -0.1) is 0 Å². The molecule has 1 aromatic rings. The van der Waals surface area contributed by atoms with Crippen LogP contribution in [-0.2, 0) is 4.79 Å². The molecule has 1 saturated carbocycles. The number of rotatable bonds is 2. The first-order chi connectivity index (χ1) is 7.26. The minimum absolute atomic E-state index is 0.250. The SMILES string of the molecule is Clc1cccc(OC2CCC2)c1.O=CO. The van der Waals surface area contributed by atoms with Crippen molar-refractivity contribution >= 4 is 18.1 Å². The summed E-state index contributed by atoms with van der Waals surface area (Å²) in [5.74, 6) is 0.896. The second-order valence-electron chi connectivity index (χ2n) is 3.23. The van der Waals surface area contributed by atoms with Gasteiger partial charge in [0.1, 0.15) is 5.75 Å². The maximum Gasteiger partial charge on any atom is 0.290 e. The summed E-state index contributed by atoms with van der Waals surface area (Å²) in [6, 6.07) is 7.58. The third-order valence-electron chi connectivity index (χ3n) is 2.15. The number of hydrogen-bond donors (Lipinski definition) is 1. The lowest BCUT2D eigenvalue weighted by molar-refractivity contribution is -0.122. The molecule has 0 bridgehead atoms. The highest BCUT2D eigenvalue weighted by Gasteiger charge is 2.18. The first kappa shape index (κ1) is 11.9. The fourth-order valence-corrected chi connectivity index (χ4v) is 1.40. The van der Waals surface area contributed by atoms with Crippen molar-refractivity contribution in [1.29, 1.82) is 0 Å². The molecular formula is C11H13ClO3. The lowest BCUT2D eigenvalue weighted by Gasteiger charge is -2.26. The Labute approximate surface area is 93.6 Å². The summed E-state index contributed by atoms with van der Waals surface area (Å²) >= 11 is 5.81. The van der Waals surface area contributed by atoms with E-state index >= 15 is 0 Å². The molecule has 1 aromatic carbocycles. The highest BCUT2D eigenvalue weighted by Crippen LogP contribution is 2.26. The smallest absolute Gasteiger partial charge is 0.290 e. The fraction of sp³-hybridized carbons (Fsp3) is 0.364. The zero-order chi connectivity index (χ0) is 11.1. The molecular weight excluding hydrogens is 216 g/mol. The molecule has 0 atom stereocenters. The summed E-state index contributed by atoms with van der Waals surface area (Å²) in [5.41, 5.74) is 0. The molecule has 0 heterocycles. The number of benzene rings is 1. The van der Waals surface area contributed by atoms with Crippen LogP contribution in [0.1, 0.15) is 19.3 Å². The van der Waals surface area contributed by atoms with Crippen molar-refractivity contribution in [3.63, 3.8) is 0 Å². The van der Waals surface area contributed by atoms with Gasteiger partial charge in [-0.1, -0.05) is 17.7 Å². The molecule has 1 N–H and O–H groups in total. The topological polar surface area (TPSA) is 46.5 Å². The van der Waals surface area contributed by atoms with Crippen LogP contribution in [0.2, 0.25) is 5.02 Å². The predicted molar refractivity (Wildman–Crippen MR) is 58.4 cm³/mol. The number of hydrogen-bond acceptors (Lipinski definition) is 2. The molecule has 2 rings (SSSR count). The van der Waals surface area contributed by atoms with Gasteiger partial charge in [-0.25, -0.2) is 0 Å². The molecule has 1 aliphatic carbocycles. The standard InChI is InChI=1S/C10H11ClO.CH2O2/c11-8-3-1-6-10(7-8)12-9-4-2-5-9;2-1-3/h1,3,6-7,9H,2,4-5H2;1H,(H,2,3). The quantitative estimate of drug-likeness (QED) is 0.792. The van der Waals surface area contributed by atoms with Crippen molar-refractivity contribution in [3.8, 4) is 5.75 Å². The maximum atomic E-state index is 8.36. The summed E-state index contributed by atoms with van der Waals surface area (Å²) in [4.78, 5) is 8.36. The molecule has 0 spiro atoms. The second-order valence-corrected chi connectivity index (χ2v) is 3.67. The molecule has 0 unspecified atom stereocenters. The molecule has 0 radical (unpaired) electrons. The molecule has 82 valence electrons. The number of halogens is 1. The zero-order valence-corrected chi connectivity index (χ0v) is 8.98. The van der Waals surface area contributed by atoms with E-state index in [-0.39, 0.29) is 6.47 Å². The van der Waals surface area contributed by atoms with Gasteiger partial charge in [0.15, 0.2) is 0 Å². The van der Waals surface area contributed by atoms with Crippen LogP contribution in [-0.4, -0.2) is 17.7 Å². The molecule has 15 heavy (non-hydrogen) atoms. The fourth-order valence-electron chi connectivity index (χ4n) is 1.22. The number of carbonyl (C=O) groups is 1. The van der Waals surface area contributed by atoms with Crippen LogP contribution in [0, 0.1) is 0 Å². The van der Waals surface area contributed by atoms with Gasteiger partial charge in [0.25, 0.3) is 6.47 Å². The van der Waals surface area contributed by atoms with E-state index in [2.05, 4.69) is 0 Å². The molecule has 0 amide bonds. The van der Waals surface area contributed by atoms with Gasteiger partial charge in [0, 0.05) is 5.02 Å². The molecule has 1 fully saturated rings. The Hall–Kier alpha value is -1.22. The average molecular weight is 229 g/mol. The zero-order valence-electron chi connectivity index (χ0n) is 8.23. The molecule has 3 nitrogen and oxygen atoms in total. The van der Waals surface area contributed by atoms with Crippen LogP contribution in [0.25, 0.3) is 0 Å². The van der Waals surface area contributed by atoms with Crippen molar-refractivity contribution in [2.75, 3.05) is 0 Å². The molecule has 4 heteroatoms. The van der Waals surface area contributed by atoms with E-state index in [1.54, 1.807) is 0 Å². The van der Waals surface area contributed by atoms with Gasteiger partial charge in [-0.3, -0.25) is 4.79 Å². The van der Waals surface area contributed by atoms with Crippen LogP contribution in [0.15, 0.2) is 24.3 Å². The second kappa shape index (κ2) is 6.30. The molecule has 1 aliphatic rings. The molecule has 0 aliphatic heterocycles. The highest BCUT2D eigenvalue weighted by atomic mass is 35.5. The van der Waals surface area contributed by atoms with E-state index in [0.29, 0.717) is 6.10 Å². The summed E-state index contributed by atoms with van der Waals surface area (Å²) in [6.45, 7) is -0.250. The molecule has 0 saturated heterocycles. The minimum atomic E-state index is -0.250. The first-order valence-electron chi connectivity index (χ1n) is 4.76. The monoisotopic (exact) mass is 228 g/mol. The van der Waals surface area contributed by atoms with Crippen molar-refractivity contribution in [1.82, 2.24) is 0 Å². The van der Waals surface area contributed by atoms with E-state index in [1.165, 1.54) is 19.3 Å². The Morgan fingerprint density at radius 3 is 2.60 bits per heavy atom. The Morgan fingerprint density at radius 2 is 2.13 bits per heavy atom. The lowest BCUT2D eigenvalue weighted by atomic mass is 9.96. The number of ether oxygens (including phenoxy) is 1. The summed E-state index contributed by atoms with van der Waals surface area (Å²) in [5, 5.41) is 7.63. The van der Waals surface area contributed by atoms with E-state index < -0.39 is 0 Å². The highest BCUT2D eigenvalue weighted by molar-refractivity contribution is 6.30. The third kappa shape index (κ3) is 4.21. The van der Waals surface area contributed by atoms with Crippen molar-refractivity contribution in [2.24, 2.45) is 0 Å². The average Bonchev–Trinajstić information content (AvgIpc) is 2.13. The minimum Gasteiger partial charge on any atom is -0.490 e.